The van der Waals surface area contributed by atoms with Gasteiger partial charge in [-0.25, -0.2) is 0 Å². The first-order chi connectivity index (χ1) is 7.61. The number of carbonyl (C=O) groups excluding carboxylic acids is 1. The topological polar surface area (TPSA) is 29.1 Å². The van der Waals surface area contributed by atoms with Crippen LogP contribution in [0.1, 0.15) is 30.1 Å². The van der Waals surface area contributed by atoms with Crippen LogP contribution in [0.2, 0.25) is 0 Å². The summed E-state index contributed by atoms with van der Waals surface area (Å²) in [6, 6.07) is 7.61. The lowest BCUT2D eigenvalue weighted by Gasteiger charge is -2.07. The second-order valence-corrected chi connectivity index (χ2v) is 6.38. The standard InChI is InChI=1S/C12H15BrINO/c1-9(13)5-4-8-15-12(16)10-6-2-3-7-11(10)14/h2-3,6-7,9H,4-5,8H2,1H3,(H,15,16). The van der Waals surface area contributed by atoms with Crippen LogP contribution in [0, 0.1) is 3.57 Å². The van der Waals surface area contributed by atoms with Crippen LogP contribution in [0.25, 0.3) is 0 Å². The van der Waals surface area contributed by atoms with Crippen molar-refractivity contribution in [2.24, 2.45) is 0 Å². The number of alkyl halides is 1. The molecule has 1 aromatic rings. The third-order valence-electron chi connectivity index (χ3n) is 2.18. The second-order valence-electron chi connectivity index (χ2n) is 3.66. The van der Waals surface area contributed by atoms with E-state index in [0.717, 1.165) is 28.5 Å². The summed E-state index contributed by atoms with van der Waals surface area (Å²) in [5.41, 5.74) is 0.759. The van der Waals surface area contributed by atoms with Crippen molar-refractivity contribution in [2.75, 3.05) is 6.54 Å². The fraction of sp³-hybridized carbons (Fsp3) is 0.417. The molecule has 1 unspecified atom stereocenters. The SMILES string of the molecule is CC(Br)CCCNC(=O)c1ccccc1I. The molecule has 0 aromatic heterocycles. The van der Waals surface area contributed by atoms with E-state index < -0.39 is 0 Å². The Labute approximate surface area is 118 Å². The van der Waals surface area contributed by atoms with E-state index >= 15 is 0 Å². The van der Waals surface area contributed by atoms with Gasteiger partial charge in [0.05, 0.1) is 5.56 Å². The van der Waals surface area contributed by atoms with E-state index in [0.29, 0.717) is 4.83 Å². The molecule has 0 aliphatic rings. The molecule has 0 aliphatic carbocycles. The zero-order valence-electron chi connectivity index (χ0n) is 9.17. The van der Waals surface area contributed by atoms with E-state index in [2.05, 4.69) is 50.8 Å². The van der Waals surface area contributed by atoms with Gasteiger partial charge in [-0.3, -0.25) is 4.79 Å². The molecule has 88 valence electrons. The molecule has 0 spiro atoms. The molecule has 1 atom stereocenters. The van der Waals surface area contributed by atoms with E-state index in [1.807, 2.05) is 24.3 Å². The van der Waals surface area contributed by atoms with Crippen molar-refractivity contribution in [2.45, 2.75) is 24.6 Å². The lowest BCUT2D eigenvalue weighted by Crippen LogP contribution is -2.25. The first-order valence-electron chi connectivity index (χ1n) is 5.28. The van der Waals surface area contributed by atoms with Crippen molar-refractivity contribution in [3.8, 4) is 0 Å². The number of rotatable bonds is 5. The van der Waals surface area contributed by atoms with Gasteiger partial charge in [0.1, 0.15) is 0 Å². The van der Waals surface area contributed by atoms with Crippen molar-refractivity contribution >= 4 is 44.4 Å². The Morgan fingerprint density at radius 1 is 1.50 bits per heavy atom. The summed E-state index contributed by atoms with van der Waals surface area (Å²) >= 11 is 5.66. The molecular formula is C12H15BrINO. The monoisotopic (exact) mass is 395 g/mol. The van der Waals surface area contributed by atoms with Crippen LogP contribution in [0.4, 0.5) is 0 Å². The summed E-state index contributed by atoms with van der Waals surface area (Å²) in [4.78, 5) is 12.3. The summed E-state index contributed by atoms with van der Waals surface area (Å²) in [5.74, 6) is 0.0206. The highest BCUT2D eigenvalue weighted by atomic mass is 127. The normalized spacial score (nSPS) is 12.2. The smallest absolute Gasteiger partial charge is 0.252 e. The molecule has 0 radical (unpaired) electrons. The van der Waals surface area contributed by atoms with Gasteiger partial charge >= 0.3 is 0 Å². The molecule has 0 heterocycles. The van der Waals surface area contributed by atoms with Crippen LogP contribution in [0.15, 0.2) is 24.3 Å². The third-order valence-corrected chi connectivity index (χ3v) is 3.58. The molecular weight excluding hydrogens is 381 g/mol. The van der Waals surface area contributed by atoms with E-state index in [1.165, 1.54) is 0 Å². The highest BCUT2D eigenvalue weighted by Crippen LogP contribution is 2.11. The van der Waals surface area contributed by atoms with E-state index in [1.54, 1.807) is 0 Å². The van der Waals surface area contributed by atoms with Crippen LogP contribution in [-0.4, -0.2) is 17.3 Å². The van der Waals surface area contributed by atoms with Crippen LogP contribution < -0.4 is 5.32 Å². The number of amides is 1. The fourth-order valence-electron chi connectivity index (χ4n) is 1.33. The summed E-state index contributed by atoms with van der Waals surface area (Å²) in [6.07, 6.45) is 2.08. The maximum absolute atomic E-state index is 11.8. The van der Waals surface area contributed by atoms with E-state index in [4.69, 9.17) is 0 Å². The number of hydrogen-bond acceptors (Lipinski definition) is 1. The number of halogens is 2. The predicted molar refractivity (Wildman–Crippen MR) is 79.1 cm³/mol. The lowest BCUT2D eigenvalue weighted by atomic mass is 10.2. The highest BCUT2D eigenvalue weighted by molar-refractivity contribution is 14.1. The summed E-state index contributed by atoms with van der Waals surface area (Å²) in [6.45, 7) is 2.85. The molecule has 16 heavy (non-hydrogen) atoms. The molecule has 0 aliphatic heterocycles. The Balaban J connectivity index is 2.39. The van der Waals surface area contributed by atoms with Crippen LogP contribution in [0.5, 0.6) is 0 Å². The van der Waals surface area contributed by atoms with E-state index in [-0.39, 0.29) is 5.91 Å². The molecule has 1 rings (SSSR count). The van der Waals surface area contributed by atoms with Gasteiger partial charge in [-0.1, -0.05) is 35.0 Å². The molecule has 0 fully saturated rings. The molecule has 1 amide bonds. The minimum Gasteiger partial charge on any atom is -0.352 e. The van der Waals surface area contributed by atoms with Gasteiger partial charge in [0.15, 0.2) is 0 Å². The van der Waals surface area contributed by atoms with Gasteiger partial charge < -0.3 is 5.32 Å². The van der Waals surface area contributed by atoms with Gasteiger partial charge in [0, 0.05) is 14.9 Å². The molecule has 1 aromatic carbocycles. The van der Waals surface area contributed by atoms with Crippen LogP contribution >= 0.6 is 38.5 Å². The average molecular weight is 396 g/mol. The Morgan fingerprint density at radius 2 is 2.19 bits per heavy atom. The zero-order valence-corrected chi connectivity index (χ0v) is 12.9. The largest absolute Gasteiger partial charge is 0.352 e. The molecule has 0 saturated carbocycles. The quantitative estimate of drug-likeness (QED) is 0.460. The molecule has 1 N–H and O–H groups in total. The molecule has 2 nitrogen and oxygen atoms in total. The van der Waals surface area contributed by atoms with Crippen LogP contribution in [0.3, 0.4) is 0 Å². The summed E-state index contributed by atoms with van der Waals surface area (Å²) in [7, 11) is 0. The number of hydrogen-bond donors (Lipinski definition) is 1. The third kappa shape index (κ3) is 4.82. The predicted octanol–water partition coefficient (Wildman–Crippen LogP) is 3.58. The average Bonchev–Trinajstić information content (AvgIpc) is 2.24. The van der Waals surface area contributed by atoms with Gasteiger partial charge in [-0.05, 0) is 47.6 Å². The van der Waals surface area contributed by atoms with Crippen molar-refractivity contribution < 1.29 is 4.79 Å². The number of nitrogens with one attached hydrogen (secondary N) is 1. The maximum atomic E-state index is 11.8. The van der Waals surface area contributed by atoms with Crippen molar-refractivity contribution in [1.29, 1.82) is 0 Å². The van der Waals surface area contributed by atoms with Gasteiger partial charge in [0.25, 0.3) is 5.91 Å². The number of benzene rings is 1. The van der Waals surface area contributed by atoms with Crippen LogP contribution in [-0.2, 0) is 0 Å². The Kier molecular flexibility index (Phi) is 6.34. The Hall–Kier alpha value is -0.100. The second kappa shape index (κ2) is 7.27. The highest BCUT2D eigenvalue weighted by Gasteiger charge is 2.07. The van der Waals surface area contributed by atoms with Gasteiger partial charge in [-0.2, -0.15) is 0 Å². The van der Waals surface area contributed by atoms with Gasteiger partial charge in [0.2, 0.25) is 0 Å². The molecule has 0 bridgehead atoms. The minimum absolute atomic E-state index is 0.0206. The Morgan fingerprint density at radius 3 is 2.81 bits per heavy atom. The fourth-order valence-corrected chi connectivity index (χ4v) is 2.28. The zero-order chi connectivity index (χ0) is 12.0. The molecule has 4 heteroatoms. The maximum Gasteiger partial charge on any atom is 0.252 e. The van der Waals surface area contributed by atoms with Crippen molar-refractivity contribution in [3.63, 3.8) is 0 Å². The Bertz CT molecular complexity index is 355. The first kappa shape index (κ1) is 14.0. The minimum atomic E-state index is 0.0206. The van der Waals surface area contributed by atoms with Crippen molar-refractivity contribution in [3.05, 3.63) is 33.4 Å². The van der Waals surface area contributed by atoms with Gasteiger partial charge in [-0.15, -0.1) is 0 Å². The number of carbonyl (C=O) groups is 1. The van der Waals surface area contributed by atoms with Crippen molar-refractivity contribution in [1.82, 2.24) is 5.32 Å². The lowest BCUT2D eigenvalue weighted by molar-refractivity contribution is 0.0952. The first-order valence-corrected chi connectivity index (χ1v) is 7.27. The molecule has 0 saturated heterocycles. The summed E-state index contributed by atoms with van der Waals surface area (Å²) in [5, 5.41) is 2.93. The van der Waals surface area contributed by atoms with E-state index in [9.17, 15) is 4.79 Å². The summed E-state index contributed by atoms with van der Waals surface area (Å²) < 4.78 is 0.992.